The minimum absolute atomic E-state index is 0.0460. The first-order chi connectivity index (χ1) is 9.60. The Morgan fingerprint density at radius 1 is 1.24 bits per heavy atom. The van der Waals surface area contributed by atoms with Gasteiger partial charge in [-0.15, -0.1) is 6.58 Å². The van der Waals surface area contributed by atoms with E-state index in [0.29, 0.717) is 6.42 Å². The van der Waals surface area contributed by atoms with Crippen LogP contribution in [0.2, 0.25) is 0 Å². The molecule has 1 unspecified atom stereocenters. The second-order valence-electron chi connectivity index (χ2n) is 5.86. The first kappa shape index (κ1) is 19.1. The molecule has 0 aromatic carbocycles. The molecule has 120 valence electrons. The van der Waals surface area contributed by atoms with Gasteiger partial charge >= 0.3 is 5.97 Å². The van der Waals surface area contributed by atoms with Crippen molar-refractivity contribution in [3.8, 4) is 0 Å². The molecule has 2 amide bonds. The van der Waals surface area contributed by atoms with Gasteiger partial charge in [0.2, 0.25) is 11.8 Å². The first-order valence-electron chi connectivity index (χ1n) is 6.95. The lowest BCUT2D eigenvalue weighted by Crippen LogP contribution is -2.46. The fraction of sp³-hybridized carbons (Fsp3) is 0.667. The second-order valence-corrected chi connectivity index (χ2v) is 5.86. The maximum atomic E-state index is 12.1. The molecule has 0 rings (SSSR count). The molecule has 6 heteroatoms. The summed E-state index contributed by atoms with van der Waals surface area (Å²) in [6.45, 7) is 10.5. The Hall–Kier alpha value is -1.85. The summed E-state index contributed by atoms with van der Waals surface area (Å²) in [6, 6.07) is -0.659. The van der Waals surface area contributed by atoms with E-state index < -0.39 is 23.5 Å². The fourth-order valence-electron chi connectivity index (χ4n) is 1.68. The molecule has 0 heterocycles. The number of hydrogen-bond donors (Lipinski definition) is 2. The zero-order valence-corrected chi connectivity index (χ0v) is 13.5. The summed E-state index contributed by atoms with van der Waals surface area (Å²) in [5.41, 5.74) is -0.596. The number of allylic oxidation sites excluding steroid dienone is 1. The topological polar surface area (TPSA) is 84.5 Å². The average Bonchev–Trinajstić information content (AvgIpc) is 2.34. The molecule has 0 aromatic heterocycles. The van der Waals surface area contributed by atoms with Crippen molar-refractivity contribution in [2.24, 2.45) is 5.92 Å². The number of hydrogen-bond acceptors (Lipinski definition) is 4. The second kappa shape index (κ2) is 8.44. The van der Waals surface area contributed by atoms with Crippen molar-refractivity contribution in [2.45, 2.75) is 52.2 Å². The van der Waals surface area contributed by atoms with E-state index in [-0.39, 0.29) is 18.2 Å². The number of rotatable bonds is 7. The Bertz CT molecular complexity index is 399. The number of carbonyl (C=O) groups is 3. The summed E-state index contributed by atoms with van der Waals surface area (Å²) in [5.74, 6) is -1.70. The van der Waals surface area contributed by atoms with E-state index in [1.165, 1.54) is 7.05 Å². The van der Waals surface area contributed by atoms with Crippen LogP contribution in [0.15, 0.2) is 12.7 Å². The van der Waals surface area contributed by atoms with Crippen molar-refractivity contribution in [3.05, 3.63) is 12.7 Å². The van der Waals surface area contributed by atoms with Gasteiger partial charge in [-0.1, -0.05) is 6.08 Å². The van der Waals surface area contributed by atoms with E-state index in [1.54, 1.807) is 33.8 Å². The third-order valence-electron chi connectivity index (χ3n) is 2.65. The molecular weight excluding hydrogens is 272 g/mol. The molecule has 2 N–H and O–H groups in total. The normalized spacial score (nSPS) is 13.8. The van der Waals surface area contributed by atoms with Crippen LogP contribution in [0.4, 0.5) is 0 Å². The number of likely N-dealkylation sites (N-methyl/N-ethyl adjacent to an activating group) is 1. The Morgan fingerprint density at radius 2 is 1.81 bits per heavy atom. The van der Waals surface area contributed by atoms with Crippen LogP contribution in [-0.2, 0) is 19.1 Å². The van der Waals surface area contributed by atoms with Gasteiger partial charge < -0.3 is 15.4 Å². The van der Waals surface area contributed by atoms with E-state index in [0.717, 1.165) is 0 Å². The summed E-state index contributed by atoms with van der Waals surface area (Å²) < 4.78 is 5.21. The molecule has 0 aliphatic carbocycles. The number of nitrogens with one attached hydrogen (secondary N) is 2. The lowest BCUT2D eigenvalue weighted by molar-refractivity contribution is -0.157. The quantitative estimate of drug-likeness (QED) is 0.545. The fourth-order valence-corrected chi connectivity index (χ4v) is 1.68. The third kappa shape index (κ3) is 8.12. The van der Waals surface area contributed by atoms with E-state index in [4.69, 9.17) is 4.74 Å². The molecular formula is C15H26N2O4. The van der Waals surface area contributed by atoms with Crippen LogP contribution in [-0.4, -0.2) is 36.5 Å². The van der Waals surface area contributed by atoms with Gasteiger partial charge in [0.25, 0.3) is 0 Å². The van der Waals surface area contributed by atoms with Crippen molar-refractivity contribution in [1.82, 2.24) is 10.6 Å². The number of ether oxygens (including phenoxy) is 1. The van der Waals surface area contributed by atoms with Crippen LogP contribution in [0, 0.1) is 5.92 Å². The Balaban J connectivity index is 4.67. The van der Waals surface area contributed by atoms with Gasteiger partial charge in [0, 0.05) is 7.05 Å². The highest BCUT2D eigenvalue weighted by atomic mass is 16.6. The molecule has 0 saturated heterocycles. The maximum absolute atomic E-state index is 12.1. The highest BCUT2D eigenvalue weighted by Crippen LogP contribution is 2.15. The minimum Gasteiger partial charge on any atom is -0.460 e. The summed E-state index contributed by atoms with van der Waals surface area (Å²) in [5, 5.41) is 5.02. The molecule has 0 aromatic rings. The maximum Gasteiger partial charge on any atom is 0.307 e. The molecule has 0 spiro atoms. The van der Waals surface area contributed by atoms with Gasteiger partial charge in [-0.2, -0.15) is 0 Å². The molecule has 0 radical (unpaired) electrons. The lowest BCUT2D eigenvalue weighted by Gasteiger charge is -2.22. The monoisotopic (exact) mass is 298 g/mol. The smallest absolute Gasteiger partial charge is 0.307 e. The molecule has 0 aliphatic heterocycles. The molecule has 0 fully saturated rings. The zero-order chi connectivity index (χ0) is 16.6. The minimum atomic E-state index is -0.659. The molecule has 0 aliphatic rings. The Kier molecular flexibility index (Phi) is 7.70. The largest absolute Gasteiger partial charge is 0.460 e. The Morgan fingerprint density at radius 3 is 2.24 bits per heavy atom. The third-order valence-corrected chi connectivity index (χ3v) is 2.65. The standard InChI is InChI=1S/C15H26N2O4/c1-7-8-11(9-12(18)21-15(3,4)5)14(20)17-10(2)13(19)16-6/h7,10-11H,1,8-9H2,2-6H3,(H,16,19)(H,17,20)/t10?,11-/m1/s1. The van der Waals surface area contributed by atoms with E-state index in [9.17, 15) is 14.4 Å². The highest BCUT2D eigenvalue weighted by molar-refractivity contribution is 5.89. The molecule has 21 heavy (non-hydrogen) atoms. The first-order valence-corrected chi connectivity index (χ1v) is 6.95. The summed E-state index contributed by atoms with van der Waals surface area (Å²) in [6.07, 6.45) is 1.86. The lowest BCUT2D eigenvalue weighted by atomic mass is 9.99. The predicted octanol–water partition coefficient (Wildman–Crippen LogP) is 1.16. The summed E-state index contributed by atoms with van der Waals surface area (Å²) in [4.78, 5) is 35.3. The summed E-state index contributed by atoms with van der Waals surface area (Å²) in [7, 11) is 1.49. The zero-order valence-electron chi connectivity index (χ0n) is 13.5. The van der Waals surface area contributed by atoms with Crippen LogP contribution in [0.5, 0.6) is 0 Å². The molecule has 6 nitrogen and oxygen atoms in total. The Labute approximate surface area is 126 Å². The predicted molar refractivity (Wildman–Crippen MR) is 80.4 cm³/mol. The highest BCUT2D eigenvalue weighted by Gasteiger charge is 2.26. The van der Waals surface area contributed by atoms with Crippen molar-refractivity contribution in [2.75, 3.05) is 7.05 Å². The number of carbonyl (C=O) groups excluding carboxylic acids is 3. The van der Waals surface area contributed by atoms with Crippen LogP contribution < -0.4 is 10.6 Å². The van der Waals surface area contributed by atoms with E-state index in [2.05, 4.69) is 17.2 Å². The number of amides is 2. The van der Waals surface area contributed by atoms with Crippen LogP contribution in [0.1, 0.15) is 40.5 Å². The van der Waals surface area contributed by atoms with Crippen molar-refractivity contribution in [3.63, 3.8) is 0 Å². The van der Waals surface area contributed by atoms with Gasteiger partial charge in [0.1, 0.15) is 11.6 Å². The van der Waals surface area contributed by atoms with Crippen molar-refractivity contribution < 1.29 is 19.1 Å². The van der Waals surface area contributed by atoms with Crippen LogP contribution >= 0.6 is 0 Å². The SMILES string of the molecule is C=CC[C@H](CC(=O)OC(C)(C)C)C(=O)NC(C)C(=O)NC. The van der Waals surface area contributed by atoms with Gasteiger partial charge in [0.15, 0.2) is 0 Å². The molecule has 0 bridgehead atoms. The van der Waals surface area contributed by atoms with Gasteiger partial charge in [-0.3, -0.25) is 14.4 Å². The van der Waals surface area contributed by atoms with E-state index >= 15 is 0 Å². The van der Waals surface area contributed by atoms with E-state index in [1.807, 2.05) is 0 Å². The summed E-state index contributed by atoms with van der Waals surface area (Å²) >= 11 is 0. The van der Waals surface area contributed by atoms with Crippen molar-refractivity contribution in [1.29, 1.82) is 0 Å². The molecule has 0 saturated carbocycles. The van der Waals surface area contributed by atoms with Crippen LogP contribution in [0.3, 0.4) is 0 Å². The average molecular weight is 298 g/mol. The van der Waals surface area contributed by atoms with Gasteiger partial charge in [-0.05, 0) is 34.1 Å². The van der Waals surface area contributed by atoms with Gasteiger partial charge in [-0.25, -0.2) is 0 Å². The van der Waals surface area contributed by atoms with Crippen LogP contribution in [0.25, 0.3) is 0 Å². The number of esters is 1. The van der Waals surface area contributed by atoms with Crippen molar-refractivity contribution >= 4 is 17.8 Å². The molecule has 2 atom stereocenters. The van der Waals surface area contributed by atoms with Gasteiger partial charge in [0.05, 0.1) is 12.3 Å².